The van der Waals surface area contributed by atoms with Gasteiger partial charge in [-0.25, -0.2) is 0 Å². The standard InChI is InChI=1S/C14H16ClN5/c1-8(2)13-12(17)14(20(3)19-13)18-11-6-9(7-16)4-5-10(11)15/h4-6,8,18H,17H2,1-3H3. The Labute approximate surface area is 123 Å². The molecule has 0 unspecified atom stereocenters. The van der Waals surface area contributed by atoms with E-state index in [0.29, 0.717) is 27.8 Å². The molecule has 3 N–H and O–H groups in total. The Morgan fingerprint density at radius 2 is 2.15 bits per heavy atom. The molecule has 2 rings (SSSR count). The molecule has 0 aliphatic heterocycles. The van der Waals surface area contributed by atoms with E-state index in [4.69, 9.17) is 22.6 Å². The Hall–Kier alpha value is -2.19. The van der Waals surface area contributed by atoms with Gasteiger partial charge in [0.05, 0.1) is 33.7 Å². The Balaban J connectivity index is 2.43. The summed E-state index contributed by atoms with van der Waals surface area (Å²) >= 11 is 6.13. The second kappa shape index (κ2) is 5.43. The van der Waals surface area contributed by atoms with E-state index in [1.807, 2.05) is 20.9 Å². The van der Waals surface area contributed by atoms with Crippen molar-refractivity contribution in [1.82, 2.24) is 9.78 Å². The fourth-order valence-electron chi connectivity index (χ4n) is 1.95. The molecule has 0 spiro atoms. The van der Waals surface area contributed by atoms with E-state index in [9.17, 15) is 0 Å². The second-order valence-electron chi connectivity index (χ2n) is 4.86. The normalized spacial score (nSPS) is 10.6. The van der Waals surface area contributed by atoms with E-state index >= 15 is 0 Å². The van der Waals surface area contributed by atoms with Crippen molar-refractivity contribution in [3.63, 3.8) is 0 Å². The first kappa shape index (κ1) is 14.2. The first-order chi connectivity index (χ1) is 9.43. The summed E-state index contributed by atoms with van der Waals surface area (Å²) in [6.45, 7) is 4.07. The highest BCUT2D eigenvalue weighted by Crippen LogP contribution is 2.32. The SMILES string of the molecule is CC(C)c1nn(C)c(Nc2cc(C#N)ccc2Cl)c1N. The molecule has 1 aromatic carbocycles. The number of nitrogens with two attached hydrogens (primary N) is 1. The van der Waals surface area contributed by atoms with Crippen molar-refractivity contribution in [2.24, 2.45) is 7.05 Å². The maximum atomic E-state index is 8.94. The molecule has 1 heterocycles. The van der Waals surface area contributed by atoms with E-state index in [1.165, 1.54) is 0 Å². The predicted molar refractivity (Wildman–Crippen MR) is 81.2 cm³/mol. The second-order valence-corrected chi connectivity index (χ2v) is 5.26. The molecule has 0 saturated heterocycles. The van der Waals surface area contributed by atoms with Crippen molar-refractivity contribution in [3.8, 4) is 6.07 Å². The number of hydrogen-bond acceptors (Lipinski definition) is 4. The highest BCUT2D eigenvalue weighted by Gasteiger charge is 2.16. The van der Waals surface area contributed by atoms with Gasteiger partial charge in [-0.05, 0) is 24.1 Å². The molecule has 0 radical (unpaired) electrons. The minimum Gasteiger partial charge on any atom is -0.394 e. The fraction of sp³-hybridized carbons (Fsp3) is 0.286. The van der Waals surface area contributed by atoms with Gasteiger partial charge >= 0.3 is 0 Å². The Bertz CT molecular complexity index is 682. The molecule has 0 fully saturated rings. The molecule has 0 aliphatic rings. The summed E-state index contributed by atoms with van der Waals surface area (Å²) in [6, 6.07) is 7.11. The third-order valence-electron chi connectivity index (χ3n) is 3.01. The molecule has 0 amide bonds. The quantitative estimate of drug-likeness (QED) is 0.907. The van der Waals surface area contributed by atoms with Crippen LogP contribution in [0.2, 0.25) is 5.02 Å². The summed E-state index contributed by atoms with van der Waals surface area (Å²) in [5.41, 5.74) is 8.72. The minimum absolute atomic E-state index is 0.234. The lowest BCUT2D eigenvalue weighted by Crippen LogP contribution is -2.02. The zero-order chi connectivity index (χ0) is 14.9. The molecular weight excluding hydrogens is 274 g/mol. The Kier molecular flexibility index (Phi) is 3.86. The predicted octanol–water partition coefficient (Wildman–Crippen LogP) is 3.39. The average Bonchev–Trinajstić information content (AvgIpc) is 2.69. The number of benzene rings is 1. The van der Waals surface area contributed by atoms with Gasteiger partial charge in [0.2, 0.25) is 0 Å². The van der Waals surface area contributed by atoms with Crippen LogP contribution in [0, 0.1) is 11.3 Å². The number of rotatable bonds is 3. The van der Waals surface area contributed by atoms with Gasteiger partial charge in [-0.2, -0.15) is 10.4 Å². The lowest BCUT2D eigenvalue weighted by atomic mass is 10.1. The molecular formula is C14H16ClN5. The third-order valence-corrected chi connectivity index (χ3v) is 3.34. The molecule has 5 nitrogen and oxygen atoms in total. The van der Waals surface area contributed by atoms with Gasteiger partial charge in [0.15, 0.2) is 5.82 Å². The van der Waals surface area contributed by atoms with Crippen LogP contribution in [0.3, 0.4) is 0 Å². The van der Waals surface area contributed by atoms with Crippen molar-refractivity contribution in [2.75, 3.05) is 11.1 Å². The molecule has 0 bridgehead atoms. The van der Waals surface area contributed by atoms with Gasteiger partial charge < -0.3 is 11.1 Å². The largest absolute Gasteiger partial charge is 0.394 e. The summed E-state index contributed by atoms with van der Waals surface area (Å²) in [6.07, 6.45) is 0. The number of aromatic nitrogens is 2. The molecule has 0 atom stereocenters. The van der Waals surface area contributed by atoms with E-state index < -0.39 is 0 Å². The number of anilines is 3. The van der Waals surface area contributed by atoms with Crippen LogP contribution in [0.4, 0.5) is 17.2 Å². The van der Waals surface area contributed by atoms with Crippen molar-refractivity contribution in [3.05, 3.63) is 34.5 Å². The number of nitrogens with zero attached hydrogens (tertiary/aromatic N) is 3. The van der Waals surface area contributed by atoms with Crippen LogP contribution in [-0.4, -0.2) is 9.78 Å². The van der Waals surface area contributed by atoms with E-state index in [-0.39, 0.29) is 5.92 Å². The van der Waals surface area contributed by atoms with Gasteiger partial charge in [0.25, 0.3) is 0 Å². The molecule has 2 aromatic rings. The van der Waals surface area contributed by atoms with Crippen LogP contribution in [0.5, 0.6) is 0 Å². The summed E-state index contributed by atoms with van der Waals surface area (Å²) in [7, 11) is 1.81. The maximum Gasteiger partial charge on any atom is 0.152 e. The highest BCUT2D eigenvalue weighted by atomic mass is 35.5. The number of aryl methyl sites for hydroxylation is 1. The molecule has 104 valence electrons. The smallest absolute Gasteiger partial charge is 0.152 e. The van der Waals surface area contributed by atoms with Crippen molar-refractivity contribution >= 4 is 28.8 Å². The zero-order valence-electron chi connectivity index (χ0n) is 11.6. The van der Waals surface area contributed by atoms with Crippen molar-refractivity contribution in [1.29, 1.82) is 5.26 Å². The van der Waals surface area contributed by atoms with E-state index in [1.54, 1.807) is 22.9 Å². The zero-order valence-corrected chi connectivity index (χ0v) is 12.4. The summed E-state index contributed by atoms with van der Waals surface area (Å²) in [5, 5.41) is 17.0. The Morgan fingerprint density at radius 1 is 1.45 bits per heavy atom. The average molecular weight is 290 g/mol. The first-order valence-corrected chi connectivity index (χ1v) is 6.61. The van der Waals surface area contributed by atoms with Crippen molar-refractivity contribution < 1.29 is 0 Å². The van der Waals surface area contributed by atoms with Gasteiger partial charge in [-0.1, -0.05) is 25.4 Å². The molecule has 1 aromatic heterocycles. The van der Waals surface area contributed by atoms with Gasteiger partial charge in [0, 0.05) is 7.05 Å². The van der Waals surface area contributed by atoms with Crippen LogP contribution >= 0.6 is 11.6 Å². The van der Waals surface area contributed by atoms with E-state index in [0.717, 1.165) is 5.69 Å². The van der Waals surface area contributed by atoms with Gasteiger partial charge in [-0.3, -0.25) is 4.68 Å². The molecule has 6 heteroatoms. The van der Waals surface area contributed by atoms with Crippen LogP contribution in [0.25, 0.3) is 0 Å². The number of hydrogen-bond donors (Lipinski definition) is 2. The van der Waals surface area contributed by atoms with E-state index in [2.05, 4.69) is 16.5 Å². The monoisotopic (exact) mass is 289 g/mol. The lowest BCUT2D eigenvalue weighted by Gasteiger charge is -2.10. The van der Waals surface area contributed by atoms with Gasteiger partial charge in [0.1, 0.15) is 0 Å². The van der Waals surface area contributed by atoms with Crippen LogP contribution < -0.4 is 11.1 Å². The first-order valence-electron chi connectivity index (χ1n) is 6.23. The molecule has 20 heavy (non-hydrogen) atoms. The maximum absolute atomic E-state index is 8.94. The number of halogens is 1. The fourth-order valence-corrected chi connectivity index (χ4v) is 2.12. The highest BCUT2D eigenvalue weighted by molar-refractivity contribution is 6.33. The molecule has 0 aliphatic carbocycles. The van der Waals surface area contributed by atoms with Crippen LogP contribution in [0.1, 0.15) is 31.0 Å². The summed E-state index contributed by atoms with van der Waals surface area (Å²) in [4.78, 5) is 0. The topological polar surface area (TPSA) is 79.7 Å². The summed E-state index contributed by atoms with van der Waals surface area (Å²) < 4.78 is 1.68. The molecule has 0 saturated carbocycles. The third kappa shape index (κ3) is 2.56. The minimum atomic E-state index is 0.234. The Morgan fingerprint density at radius 3 is 2.70 bits per heavy atom. The summed E-state index contributed by atoms with van der Waals surface area (Å²) in [5.74, 6) is 0.906. The number of nitrogens with one attached hydrogen (secondary N) is 1. The van der Waals surface area contributed by atoms with Crippen molar-refractivity contribution in [2.45, 2.75) is 19.8 Å². The van der Waals surface area contributed by atoms with Crippen LogP contribution in [-0.2, 0) is 7.05 Å². The number of nitrogen functional groups attached to an aromatic ring is 1. The van der Waals surface area contributed by atoms with Crippen LogP contribution in [0.15, 0.2) is 18.2 Å². The number of nitriles is 1. The van der Waals surface area contributed by atoms with Gasteiger partial charge in [-0.15, -0.1) is 0 Å². The lowest BCUT2D eigenvalue weighted by molar-refractivity contribution is 0.718.